The van der Waals surface area contributed by atoms with Crippen LogP contribution in [0.5, 0.6) is 17.4 Å². The number of alkyl halides is 3. The lowest BCUT2D eigenvalue weighted by Crippen LogP contribution is -2.59. The van der Waals surface area contributed by atoms with Crippen molar-refractivity contribution in [1.29, 1.82) is 0 Å². The molecule has 0 saturated carbocycles. The molecule has 0 aliphatic heterocycles. The smallest absolute Gasteiger partial charge is 0.530 e. The van der Waals surface area contributed by atoms with Gasteiger partial charge in [0.2, 0.25) is 11.8 Å². The maximum absolute atomic E-state index is 12.7. The van der Waals surface area contributed by atoms with E-state index < -0.39 is 35.7 Å². The molecule has 1 heterocycles. The first kappa shape index (κ1) is 25.8. The van der Waals surface area contributed by atoms with Gasteiger partial charge < -0.3 is 29.6 Å². The van der Waals surface area contributed by atoms with Crippen LogP contribution in [-0.4, -0.2) is 39.8 Å². The van der Waals surface area contributed by atoms with Gasteiger partial charge in [0.05, 0.1) is 11.9 Å². The Kier molecular flexibility index (Phi) is 7.78. The van der Waals surface area contributed by atoms with E-state index in [0.717, 1.165) is 11.0 Å². The minimum absolute atomic E-state index is 0.0629. The molecule has 0 bridgehead atoms. The van der Waals surface area contributed by atoms with Gasteiger partial charge in [0.25, 0.3) is 0 Å². The predicted octanol–water partition coefficient (Wildman–Crippen LogP) is 4.24. The Balaban J connectivity index is 2.12. The summed E-state index contributed by atoms with van der Waals surface area (Å²) in [4.78, 5) is 29.3. The fourth-order valence-corrected chi connectivity index (χ4v) is 3.09. The van der Waals surface area contributed by atoms with Gasteiger partial charge in [-0.25, -0.2) is 4.98 Å². The van der Waals surface area contributed by atoms with Crippen LogP contribution in [0.4, 0.5) is 23.7 Å². The van der Waals surface area contributed by atoms with E-state index >= 15 is 0 Å². The van der Waals surface area contributed by atoms with E-state index in [1.807, 2.05) is 0 Å². The summed E-state index contributed by atoms with van der Waals surface area (Å²) in [7, 11) is 0. The van der Waals surface area contributed by atoms with Crippen LogP contribution in [0.3, 0.4) is 0 Å². The lowest BCUT2D eigenvalue weighted by Gasteiger charge is -2.42. The molecule has 0 unspecified atom stereocenters. The summed E-state index contributed by atoms with van der Waals surface area (Å²) in [6.07, 6.45) is -4.79. The van der Waals surface area contributed by atoms with Gasteiger partial charge in [0.1, 0.15) is 23.6 Å². The normalized spacial score (nSPS) is 12.6. The number of pyridine rings is 1. The maximum Gasteiger partial charge on any atom is 0.573 e. The standard InChI is InChI=1S/C22H26F3N3O5/c1-6-16(28(20(30)31)21(3,4)5)19(29)27-14-8-10-18(26-12-14)32-15-9-7-13(2)17(11-15)33-22(23,24)25/h7-12,16H,6H2,1-5H3,(H,27,29)(H,30,31)/p-1/t16-/m1/s1. The molecule has 1 N–H and O–H groups in total. The average Bonchev–Trinajstić information content (AvgIpc) is 2.67. The van der Waals surface area contributed by atoms with Gasteiger partial charge in [0, 0.05) is 17.7 Å². The van der Waals surface area contributed by atoms with E-state index in [2.05, 4.69) is 15.0 Å². The highest BCUT2D eigenvalue weighted by molar-refractivity contribution is 5.96. The van der Waals surface area contributed by atoms with Crippen molar-refractivity contribution in [2.75, 3.05) is 5.32 Å². The zero-order valence-electron chi connectivity index (χ0n) is 18.8. The first-order chi connectivity index (χ1) is 15.2. The zero-order valence-corrected chi connectivity index (χ0v) is 18.8. The number of aromatic nitrogens is 1. The van der Waals surface area contributed by atoms with Crippen molar-refractivity contribution < 1.29 is 37.3 Å². The van der Waals surface area contributed by atoms with E-state index in [1.54, 1.807) is 27.7 Å². The first-order valence-corrected chi connectivity index (χ1v) is 10.0. The third kappa shape index (κ3) is 7.26. The summed E-state index contributed by atoms with van der Waals surface area (Å²) >= 11 is 0. The average molecular weight is 468 g/mol. The number of amides is 2. The van der Waals surface area contributed by atoms with Crippen LogP contribution in [-0.2, 0) is 4.79 Å². The Hall–Kier alpha value is -3.50. The SMILES string of the molecule is CC[C@H](C(=O)Nc1ccc(Oc2ccc(C)c(OC(F)(F)F)c2)nc1)N(C(=O)[O-])C(C)(C)C. The van der Waals surface area contributed by atoms with Crippen LogP contribution >= 0.6 is 0 Å². The molecule has 2 amide bonds. The Bertz CT molecular complexity index is 988. The van der Waals surface area contributed by atoms with Gasteiger partial charge in [-0.05, 0) is 51.8 Å². The monoisotopic (exact) mass is 468 g/mol. The van der Waals surface area contributed by atoms with Gasteiger partial charge in [-0.15, -0.1) is 13.2 Å². The van der Waals surface area contributed by atoms with E-state index in [0.29, 0.717) is 0 Å². The molecule has 33 heavy (non-hydrogen) atoms. The Morgan fingerprint density at radius 3 is 2.33 bits per heavy atom. The van der Waals surface area contributed by atoms with Crippen LogP contribution in [0.15, 0.2) is 36.5 Å². The predicted molar refractivity (Wildman–Crippen MR) is 112 cm³/mol. The molecule has 8 nitrogen and oxygen atoms in total. The number of anilines is 1. The Labute approximate surface area is 189 Å². The molecule has 0 aliphatic rings. The van der Waals surface area contributed by atoms with Crippen molar-refractivity contribution in [3.05, 3.63) is 42.1 Å². The molecule has 180 valence electrons. The number of hydrogen-bond acceptors (Lipinski definition) is 6. The first-order valence-electron chi connectivity index (χ1n) is 10.0. The minimum Gasteiger partial charge on any atom is -0.530 e. The number of rotatable bonds is 7. The van der Waals surface area contributed by atoms with Crippen LogP contribution in [0, 0.1) is 6.92 Å². The molecule has 0 spiro atoms. The van der Waals surface area contributed by atoms with Gasteiger partial charge in [-0.1, -0.05) is 13.0 Å². The van der Waals surface area contributed by atoms with E-state index in [-0.39, 0.29) is 29.3 Å². The van der Waals surface area contributed by atoms with Crippen LogP contribution in [0.25, 0.3) is 0 Å². The van der Waals surface area contributed by atoms with Crippen molar-refractivity contribution in [2.24, 2.45) is 0 Å². The number of halogens is 3. The molecular formula is C22H25F3N3O5-. The summed E-state index contributed by atoms with van der Waals surface area (Å²) in [6, 6.07) is 5.85. The number of benzene rings is 1. The quantitative estimate of drug-likeness (QED) is 0.652. The molecule has 2 aromatic rings. The van der Waals surface area contributed by atoms with Crippen molar-refractivity contribution in [3.63, 3.8) is 0 Å². The fraction of sp³-hybridized carbons (Fsp3) is 0.409. The van der Waals surface area contributed by atoms with Crippen LogP contribution in [0.2, 0.25) is 0 Å². The summed E-state index contributed by atoms with van der Waals surface area (Å²) in [5.74, 6) is -0.816. The van der Waals surface area contributed by atoms with Crippen molar-refractivity contribution in [2.45, 2.75) is 59.0 Å². The van der Waals surface area contributed by atoms with Crippen LogP contribution < -0.4 is 19.9 Å². The molecule has 0 aliphatic carbocycles. The molecule has 0 radical (unpaired) electrons. The molecular weight excluding hydrogens is 443 g/mol. The number of carbonyl (C=O) groups is 2. The molecule has 11 heteroatoms. The second-order valence-corrected chi connectivity index (χ2v) is 8.18. The van der Waals surface area contributed by atoms with Crippen molar-refractivity contribution >= 4 is 17.7 Å². The largest absolute Gasteiger partial charge is 0.573 e. The van der Waals surface area contributed by atoms with E-state index in [1.165, 1.54) is 37.4 Å². The summed E-state index contributed by atoms with van der Waals surface area (Å²) in [5.41, 5.74) is -0.296. The number of aryl methyl sites for hydroxylation is 1. The molecule has 0 saturated heterocycles. The Morgan fingerprint density at radius 2 is 1.85 bits per heavy atom. The third-order valence-electron chi connectivity index (χ3n) is 4.53. The lowest BCUT2D eigenvalue weighted by atomic mass is 10.0. The highest BCUT2D eigenvalue weighted by Crippen LogP contribution is 2.31. The Morgan fingerprint density at radius 1 is 1.18 bits per heavy atom. The summed E-state index contributed by atoms with van der Waals surface area (Å²) < 4.78 is 47.0. The number of nitrogens with one attached hydrogen (secondary N) is 1. The van der Waals surface area contributed by atoms with Crippen molar-refractivity contribution in [3.8, 4) is 17.4 Å². The van der Waals surface area contributed by atoms with E-state index in [9.17, 15) is 27.9 Å². The maximum atomic E-state index is 12.7. The van der Waals surface area contributed by atoms with Gasteiger partial charge in [0.15, 0.2) is 0 Å². The summed E-state index contributed by atoms with van der Waals surface area (Å²) in [6.45, 7) is 8.11. The van der Waals surface area contributed by atoms with Gasteiger partial charge in [-0.3, -0.25) is 4.79 Å². The topological polar surface area (TPSA) is 104 Å². The third-order valence-corrected chi connectivity index (χ3v) is 4.53. The molecule has 1 aromatic heterocycles. The molecule has 2 rings (SSSR count). The molecule has 1 atom stereocenters. The highest BCUT2D eigenvalue weighted by Gasteiger charge is 2.33. The van der Waals surface area contributed by atoms with Crippen LogP contribution in [0.1, 0.15) is 39.7 Å². The van der Waals surface area contributed by atoms with Gasteiger partial charge in [-0.2, -0.15) is 0 Å². The number of carbonyl (C=O) groups excluding carboxylic acids is 2. The number of nitrogens with zero attached hydrogens (tertiary/aromatic N) is 2. The zero-order chi connectivity index (χ0) is 25.0. The molecule has 1 aromatic carbocycles. The number of hydrogen-bond donors (Lipinski definition) is 1. The lowest BCUT2D eigenvalue weighted by molar-refractivity contribution is -0.275. The van der Waals surface area contributed by atoms with Gasteiger partial charge >= 0.3 is 6.36 Å². The van der Waals surface area contributed by atoms with Crippen molar-refractivity contribution in [1.82, 2.24) is 9.88 Å². The second-order valence-electron chi connectivity index (χ2n) is 8.18. The number of carboxylic acid groups (broad SMARTS) is 1. The highest BCUT2D eigenvalue weighted by atomic mass is 19.4. The number of ether oxygens (including phenoxy) is 2. The summed E-state index contributed by atoms with van der Waals surface area (Å²) in [5, 5.41) is 14.2. The minimum atomic E-state index is -4.84. The van der Waals surface area contributed by atoms with E-state index in [4.69, 9.17) is 4.74 Å². The second kappa shape index (κ2) is 9.97. The molecule has 0 fully saturated rings. The fourth-order valence-electron chi connectivity index (χ4n) is 3.09.